The first-order chi connectivity index (χ1) is 15.0. The number of fused-ring (bicyclic) bond motifs is 2. The van der Waals surface area contributed by atoms with E-state index in [0.29, 0.717) is 31.1 Å². The molecule has 1 atom stereocenters. The lowest BCUT2D eigenvalue weighted by atomic mass is 10.1. The fourth-order valence-corrected chi connectivity index (χ4v) is 4.45. The van der Waals surface area contributed by atoms with Crippen LogP contribution in [0, 0.1) is 0 Å². The van der Waals surface area contributed by atoms with Gasteiger partial charge in [-0.05, 0) is 35.9 Å². The Bertz CT molecular complexity index is 1200. The number of sulfone groups is 1. The van der Waals surface area contributed by atoms with Gasteiger partial charge in [0.15, 0.2) is 21.3 Å². The molecule has 0 fully saturated rings. The van der Waals surface area contributed by atoms with Gasteiger partial charge in [-0.2, -0.15) is 0 Å². The predicted molar refractivity (Wildman–Crippen MR) is 114 cm³/mol. The van der Waals surface area contributed by atoms with Gasteiger partial charge < -0.3 is 24.1 Å². The zero-order chi connectivity index (χ0) is 21.4. The van der Waals surface area contributed by atoms with Crippen LogP contribution in [0.4, 0.5) is 0 Å². The minimum absolute atomic E-state index is 0.00440. The lowest BCUT2D eigenvalue weighted by Gasteiger charge is -2.26. The Morgan fingerprint density at radius 3 is 2.74 bits per heavy atom. The number of imidazole rings is 1. The molecule has 31 heavy (non-hydrogen) atoms. The van der Waals surface area contributed by atoms with Gasteiger partial charge >= 0.3 is 0 Å². The first kappa shape index (κ1) is 20.0. The maximum Gasteiger partial charge on any atom is 0.231 e. The van der Waals surface area contributed by atoms with Crippen molar-refractivity contribution in [2.24, 2.45) is 0 Å². The van der Waals surface area contributed by atoms with Crippen molar-refractivity contribution in [1.29, 1.82) is 0 Å². The van der Waals surface area contributed by atoms with Gasteiger partial charge in [-0.1, -0.05) is 12.1 Å². The molecular formula is C22H23N3O5S. The molecule has 0 radical (unpaired) electrons. The first-order valence-electron chi connectivity index (χ1n) is 10.0. The Labute approximate surface area is 180 Å². The summed E-state index contributed by atoms with van der Waals surface area (Å²) in [4.78, 5) is 4.84. The average Bonchev–Trinajstić information content (AvgIpc) is 3.39. The van der Waals surface area contributed by atoms with Gasteiger partial charge in [0.1, 0.15) is 12.4 Å². The quantitative estimate of drug-likeness (QED) is 0.628. The van der Waals surface area contributed by atoms with Crippen LogP contribution in [0.2, 0.25) is 0 Å². The molecule has 3 heterocycles. The summed E-state index contributed by atoms with van der Waals surface area (Å²) in [7, 11) is -3.17. The minimum Gasteiger partial charge on any atom is -0.454 e. The molecule has 0 unspecified atom stereocenters. The van der Waals surface area contributed by atoms with Crippen LogP contribution in [0.15, 0.2) is 53.6 Å². The standard InChI is InChI=1S/C22H23N3O5S/c1-31(26,27)18-5-2-15(3-6-18)9-23-10-17-12-25-19(11-24-22(25)13-28-17)16-4-7-20-21(8-16)30-14-29-20/h2-8,11,17,23H,9-10,12-14H2,1H3/t17-/m0/s1. The van der Waals surface area contributed by atoms with Crippen LogP contribution in [0.5, 0.6) is 11.5 Å². The SMILES string of the molecule is CS(=O)(=O)c1ccc(CNC[C@H]2Cn3c(-c4ccc5c(c4)OCO5)cnc3CO2)cc1. The summed E-state index contributed by atoms with van der Waals surface area (Å²) in [5.74, 6) is 2.41. The summed E-state index contributed by atoms with van der Waals surface area (Å²) in [5, 5.41) is 3.40. The van der Waals surface area contributed by atoms with Crippen molar-refractivity contribution in [3.63, 3.8) is 0 Å². The second kappa shape index (κ2) is 7.99. The zero-order valence-corrected chi connectivity index (χ0v) is 17.9. The molecule has 162 valence electrons. The molecule has 2 aliphatic heterocycles. The van der Waals surface area contributed by atoms with E-state index >= 15 is 0 Å². The molecule has 1 N–H and O–H groups in total. The molecule has 0 saturated carbocycles. The smallest absolute Gasteiger partial charge is 0.231 e. The molecule has 5 rings (SSSR count). The van der Waals surface area contributed by atoms with E-state index in [1.54, 1.807) is 12.1 Å². The van der Waals surface area contributed by atoms with E-state index in [1.165, 1.54) is 6.26 Å². The molecule has 9 heteroatoms. The van der Waals surface area contributed by atoms with Crippen LogP contribution in [0.25, 0.3) is 11.3 Å². The minimum atomic E-state index is -3.17. The Hall–Kier alpha value is -2.88. The number of rotatable bonds is 6. The highest BCUT2D eigenvalue weighted by molar-refractivity contribution is 7.90. The van der Waals surface area contributed by atoms with E-state index in [9.17, 15) is 8.42 Å². The van der Waals surface area contributed by atoms with Crippen LogP contribution in [0.1, 0.15) is 11.4 Å². The number of nitrogens with zero attached hydrogens (tertiary/aromatic N) is 2. The van der Waals surface area contributed by atoms with E-state index in [2.05, 4.69) is 14.9 Å². The highest BCUT2D eigenvalue weighted by Crippen LogP contribution is 2.36. The molecule has 0 bridgehead atoms. The van der Waals surface area contributed by atoms with Gasteiger partial charge in [-0.25, -0.2) is 13.4 Å². The largest absolute Gasteiger partial charge is 0.454 e. The molecule has 0 amide bonds. The van der Waals surface area contributed by atoms with E-state index in [-0.39, 0.29) is 12.9 Å². The van der Waals surface area contributed by atoms with E-state index < -0.39 is 9.84 Å². The highest BCUT2D eigenvalue weighted by Gasteiger charge is 2.24. The molecule has 0 spiro atoms. The second-order valence-corrected chi connectivity index (χ2v) is 9.73. The van der Waals surface area contributed by atoms with E-state index in [1.807, 2.05) is 36.5 Å². The van der Waals surface area contributed by atoms with Crippen LogP contribution in [0.3, 0.4) is 0 Å². The van der Waals surface area contributed by atoms with Gasteiger partial charge in [0.25, 0.3) is 0 Å². The fraction of sp³-hybridized carbons (Fsp3) is 0.318. The van der Waals surface area contributed by atoms with Crippen molar-refractivity contribution < 1.29 is 22.6 Å². The molecular weight excluding hydrogens is 418 g/mol. The lowest BCUT2D eigenvalue weighted by molar-refractivity contribution is 0.00326. The van der Waals surface area contributed by atoms with Crippen molar-refractivity contribution in [3.05, 3.63) is 60.0 Å². The summed E-state index contributed by atoms with van der Waals surface area (Å²) in [6.07, 6.45) is 3.09. The third kappa shape index (κ3) is 4.16. The van der Waals surface area contributed by atoms with Crippen LogP contribution >= 0.6 is 0 Å². The van der Waals surface area contributed by atoms with Crippen LogP contribution in [-0.4, -0.2) is 43.7 Å². The molecule has 8 nitrogen and oxygen atoms in total. The third-order valence-electron chi connectivity index (χ3n) is 5.49. The Morgan fingerprint density at radius 1 is 1.13 bits per heavy atom. The van der Waals surface area contributed by atoms with Crippen molar-refractivity contribution in [3.8, 4) is 22.8 Å². The van der Waals surface area contributed by atoms with Gasteiger partial charge in [-0.3, -0.25) is 0 Å². The maximum absolute atomic E-state index is 11.6. The van der Waals surface area contributed by atoms with E-state index in [4.69, 9.17) is 14.2 Å². The summed E-state index contributed by atoms with van der Waals surface area (Å²) < 4.78 is 42.2. The number of hydrogen-bond acceptors (Lipinski definition) is 7. The number of benzene rings is 2. The summed E-state index contributed by atoms with van der Waals surface area (Å²) in [6, 6.07) is 12.9. The Balaban J connectivity index is 1.23. The van der Waals surface area contributed by atoms with Gasteiger partial charge in [0.2, 0.25) is 6.79 Å². The predicted octanol–water partition coefficient (Wildman–Crippen LogP) is 2.37. The summed E-state index contributed by atoms with van der Waals surface area (Å²) in [5.41, 5.74) is 3.08. The number of aromatic nitrogens is 2. The number of hydrogen-bond donors (Lipinski definition) is 1. The summed E-state index contributed by atoms with van der Waals surface area (Å²) >= 11 is 0. The highest BCUT2D eigenvalue weighted by atomic mass is 32.2. The van der Waals surface area contributed by atoms with Crippen molar-refractivity contribution in [2.45, 2.75) is 30.7 Å². The normalized spacial score (nSPS) is 17.5. The lowest BCUT2D eigenvalue weighted by Crippen LogP contribution is -2.36. The monoisotopic (exact) mass is 441 g/mol. The zero-order valence-electron chi connectivity index (χ0n) is 17.1. The molecule has 2 aromatic carbocycles. The molecule has 2 aliphatic rings. The second-order valence-electron chi connectivity index (χ2n) is 7.72. The molecule has 1 aromatic heterocycles. The van der Waals surface area contributed by atoms with Crippen LogP contribution in [-0.2, 0) is 34.3 Å². The maximum atomic E-state index is 11.6. The Kier molecular flexibility index (Phi) is 5.17. The Morgan fingerprint density at radius 2 is 1.94 bits per heavy atom. The third-order valence-corrected chi connectivity index (χ3v) is 6.62. The topological polar surface area (TPSA) is 91.7 Å². The fourth-order valence-electron chi connectivity index (χ4n) is 3.82. The van der Waals surface area contributed by atoms with Crippen LogP contribution < -0.4 is 14.8 Å². The van der Waals surface area contributed by atoms with Crippen molar-refractivity contribution in [2.75, 3.05) is 19.6 Å². The first-order valence-corrected chi connectivity index (χ1v) is 11.9. The van der Waals surface area contributed by atoms with Crippen molar-refractivity contribution in [1.82, 2.24) is 14.9 Å². The number of nitrogens with one attached hydrogen (secondary N) is 1. The van der Waals surface area contributed by atoms with Gasteiger partial charge in [0, 0.05) is 24.9 Å². The van der Waals surface area contributed by atoms with E-state index in [0.717, 1.165) is 34.1 Å². The number of ether oxygens (including phenoxy) is 3. The summed E-state index contributed by atoms with van der Waals surface area (Å²) in [6.45, 7) is 2.71. The van der Waals surface area contributed by atoms with Gasteiger partial charge in [-0.15, -0.1) is 0 Å². The molecule has 0 saturated heterocycles. The van der Waals surface area contributed by atoms with Crippen molar-refractivity contribution >= 4 is 9.84 Å². The van der Waals surface area contributed by atoms with Gasteiger partial charge in [0.05, 0.1) is 29.4 Å². The molecule has 0 aliphatic carbocycles. The average molecular weight is 442 g/mol. The molecule has 3 aromatic rings.